The Bertz CT molecular complexity index is 485. The summed E-state index contributed by atoms with van der Waals surface area (Å²) >= 11 is 0. The van der Waals surface area contributed by atoms with E-state index in [2.05, 4.69) is 29.4 Å². The maximum Gasteiger partial charge on any atom is 0.120 e. The first-order valence-electron chi connectivity index (χ1n) is 6.08. The van der Waals surface area contributed by atoms with Gasteiger partial charge in [-0.3, -0.25) is 4.98 Å². The molecule has 2 rings (SSSR count). The molecule has 0 radical (unpaired) electrons. The van der Waals surface area contributed by atoms with Crippen LogP contribution < -0.4 is 10.1 Å². The zero-order valence-corrected chi connectivity index (χ0v) is 10.8. The minimum absolute atomic E-state index is 0.328. The monoisotopic (exact) mass is 242 g/mol. The Morgan fingerprint density at radius 1 is 1.22 bits per heavy atom. The van der Waals surface area contributed by atoms with E-state index in [1.807, 2.05) is 31.3 Å². The Balaban J connectivity index is 2.01. The van der Waals surface area contributed by atoms with Gasteiger partial charge in [-0.25, -0.2) is 0 Å². The van der Waals surface area contributed by atoms with Crippen LogP contribution in [0.25, 0.3) is 0 Å². The van der Waals surface area contributed by atoms with Gasteiger partial charge in [-0.05, 0) is 49.4 Å². The summed E-state index contributed by atoms with van der Waals surface area (Å²) < 4.78 is 5.77. The first-order valence-corrected chi connectivity index (χ1v) is 6.08. The summed E-state index contributed by atoms with van der Waals surface area (Å²) in [6.45, 7) is 2.70. The van der Waals surface area contributed by atoms with Gasteiger partial charge in [0, 0.05) is 18.4 Å². The molecule has 0 saturated carbocycles. The summed E-state index contributed by atoms with van der Waals surface area (Å²) in [4.78, 5) is 3.98. The fourth-order valence-corrected chi connectivity index (χ4v) is 1.69. The number of nitrogens with one attached hydrogen (secondary N) is 1. The van der Waals surface area contributed by atoms with Crippen molar-refractivity contribution in [2.24, 2.45) is 0 Å². The lowest BCUT2D eigenvalue weighted by Crippen LogP contribution is -2.12. The van der Waals surface area contributed by atoms with Crippen molar-refractivity contribution in [1.29, 1.82) is 0 Å². The van der Waals surface area contributed by atoms with Crippen LogP contribution in [-0.4, -0.2) is 12.0 Å². The maximum absolute atomic E-state index is 5.77. The summed E-state index contributed by atoms with van der Waals surface area (Å²) in [6.07, 6.45) is 3.55. The largest absolute Gasteiger partial charge is 0.489 e. The van der Waals surface area contributed by atoms with Crippen molar-refractivity contribution >= 4 is 0 Å². The van der Waals surface area contributed by atoms with Crippen molar-refractivity contribution < 1.29 is 4.74 Å². The van der Waals surface area contributed by atoms with Crippen molar-refractivity contribution in [3.63, 3.8) is 0 Å². The second-order valence-corrected chi connectivity index (χ2v) is 4.23. The average molecular weight is 242 g/mol. The van der Waals surface area contributed by atoms with Gasteiger partial charge < -0.3 is 10.1 Å². The molecule has 2 aromatic rings. The third-order valence-electron chi connectivity index (χ3n) is 2.95. The van der Waals surface area contributed by atoms with Gasteiger partial charge >= 0.3 is 0 Å². The summed E-state index contributed by atoms with van der Waals surface area (Å²) in [6, 6.07) is 12.4. The first-order chi connectivity index (χ1) is 8.79. The molecular weight excluding hydrogens is 224 g/mol. The van der Waals surface area contributed by atoms with E-state index in [0.717, 1.165) is 11.3 Å². The van der Waals surface area contributed by atoms with Crippen LogP contribution in [0.2, 0.25) is 0 Å². The molecule has 1 heterocycles. The van der Waals surface area contributed by atoms with Crippen LogP contribution in [-0.2, 0) is 6.61 Å². The number of hydrogen-bond acceptors (Lipinski definition) is 3. The molecule has 1 aromatic heterocycles. The molecule has 18 heavy (non-hydrogen) atoms. The zero-order chi connectivity index (χ0) is 12.8. The van der Waals surface area contributed by atoms with E-state index in [1.54, 1.807) is 12.4 Å². The topological polar surface area (TPSA) is 34.1 Å². The van der Waals surface area contributed by atoms with Crippen LogP contribution in [0.15, 0.2) is 48.8 Å². The number of aromatic nitrogens is 1. The van der Waals surface area contributed by atoms with Crippen LogP contribution in [0, 0.1) is 0 Å². The van der Waals surface area contributed by atoms with Crippen LogP contribution in [0.1, 0.15) is 24.1 Å². The van der Waals surface area contributed by atoms with Gasteiger partial charge in [0.2, 0.25) is 0 Å². The van der Waals surface area contributed by atoms with E-state index in [9.17, 15) is 0 Å². The fraction of sp³-hybridized carbons (Fsp3) is 0.267. The van der Waals surface area contributed by atoms with Crippen molar-refractivity contribution in [2.75, 3.05) is 7.05 Å². The lowest BCUT2D eigenvalue weighted by Gasteiger charge is -2.12. The van der Waals surface area contributed by atoms with Gasteiger partial charge in [0.05, 0.1) is 0 Å². The zero-order valence-electron chi connectivity index (χ0n) is 10.8. The Labute approximate surface area is 108 Å². The fourth-order valence-electron chi connectivity index (χ4n) is 1.69. The third kappa shape index (κ3) is 3.31. The summed E-state index contributed by atoms with van der Waals surface area (Å²) in [7, 11) is 1.95. The number of benzene rings is 1. The van der Waals surface area contributed by atoms with E-state index in [4.69, 9.17) is 4.74 Å². The molecule has 1 atom stereocenters. The minimum Gasteiger partial charge on any atom is -0.489 e. The van der Waals surface area contributed by atoms with Crippen LogP contribution in [0.4, 0.5) is 0 Å². The van der Waals surface area contributed by atoms with E-state index in [0.29, 0.717) is 12.6 Å². The van der Waals surface area contributed by atoms with Gasteiger partial charge in [-0.15, -0.1) is 0 Å². The predicted octanol–water partition coefficient (Wildman–Crippen LogP) is 2.94. The lowest BCUT2D eigenvalue weighted by atomic mass is 10.1. The van der Waals surface area contributed by atoms with Gasteiger partial charge in [-0.2, -0.15) is 0 Å². The molecule has 0 fully saturated rings. The Morgan fingerprint density at radius 3 is 2.72 bits per heavy atom. The van der Waals surface area contributed by atoms with Gasteiger partial charge in [-0.1, -0.05) is 12.1 Å². The number of ether oxygens (including phenoxy) is 1. The molecular formula is C15H18N2O. The van der Waals surface area contributed by atoms with Crippen molar-refractivity contribution in [2.45, 2.75) is 19.6 Å². The number of pyridine rings is 1. The third-order valence-corrected chi connectivity index (χ3v) is 2.95. The molecule has 1 aromatic carbocycles. The molecule has 94 valence electrons. The van der Waals surface area contributed by atoms with E-state index in [1.165, 1.54) is 5.56 Å². The minimum atomic E-state index is 0.328. The molecule has 3 heteroatoms. The number of nitrogens with zero attached hydrogens (tertiary/aromatic N) is 1. The molecule has 0 saturated heterocycles. The summed E-state index contributed by atoms with van der Waals surface area (Å²) in [5.74, 6) is 0.895. The maximum atomic E-state index is 5.77. The average Bonchev–Trinajstić information content (AvgIpc) is 2.45. The molecule has 1 unspecified atom stereocenters. The second kappa shape index (κ2) is 6.17. The highest BCUT2D eigenvalue weighted by atomic mass is 16.5. The summed E-state index contributed by atoms with van der Waals surface area (Å²) in [5, 5.41) is 3.22. The normalized spacial score (nSPS) is 12.1. The molecule has 0 aliphatic heterocycles. The Morgan fingerprint density at radius 2 is 2.00 bits per heavy atom. The molecule has 3 nitrogen and oxygen atoms in total. The van der Waals surface area contributed by atoms with Crippen LogP contribution in [0.5, 0.6) is 5.75 Å². The highest BCUT2D eigenvalue weighted by Gasteiger charge is 2.03. The molecule has 0 spiro atoms. The Kier molecular flexibility index (Phi) is 4.31. The second-order valence-electron chi connectivity index (χ2n) is 4.23. The van der Waals surface area contributed by atoms with Crippen molar-refractivity contribution in [1.82, 2.24) is 10.3 Å². The highest BCUT2D eigenvalue weighted by Crippen LogP contribution is 2.19. The van der Waals surface area contributed by atoms with Crippen molar-refractivity contribution in [3.8, 4) is 5.75 Å². The van der Waals surface area contributed by atoms with Gasteiger partial charge in [0.15, 0.2) is 0 Å². The highest BCUT2D eigenvalue weighted by molar-refractivity contribution is 5.30. The molecule has 0 amide bonds. The van der Waals surface area contributed by atoms with Crippen LogP contribution in [0.3, 0.4) is 0 Å². The van der Waals surface area contributed by atoms with E-state index < -0.39 is 0 Å². The molecule has 1 N–H and O–H groups in total. The SMILES string of the molecule is CNC(C)c1cccc(OCc2ccncc2)c1. The predicted molar refractivity (Wildman–Crippen MR) is 72.5 cm³/mol. The standard InChI is InChI=1S/C15H18N2O/c1-12(16-2)14-4-3-5-15(10-14)18-11-13-6-8-17-9-7-13/h3-10,12,16H,11H2,1-2H3. The van der Waals surface area contributed by atoms with Crippen molar-refractivity contribution in [3.05, 3.63) is 59.9 Å². The first kappa shape index (κ1) is 12.6. The number of rotatable bonds is 5. The van der Waals surface area contributed by atoms with E-state index in [-0.39, 0.29) is 0 Å². The van der Waals surface area contributed by atoms with Crippen LogP contribution >= 0.6 is 0 Å². The molecule has 0 bridgehead atoms. The molecule has 0 aliphatic rings. The van der Waals surface area contributed by atoms with Gasteiger partial charge in [0.1, 0.15) is 12.4 Å². The smallest absolute Gasteiger partial charge is 0.120 e. The van der Waals surface area contributed by atoms with Gasteiger partial charge in [0.25, 0.3) is 0 Å². The Hall–Kier alpha value is -1.87. The summed E-state index contributed by atoms with van der Waals surface area (Å²) in [5.41, 5.74) is 2.35. The molecule has 0 aliphatic carbocycles. The number of hydrogen-bond donors (Lipinski definition) is 1. The lowest BCUT2D eigenvalue weighted by molar-refractivity contribution is 0.305. The van der Waals surface area contributed by atoms with E-state index >= 15 is 0 Å². The quantitative estimate of drug-likeness (QED) is 0.875.